The molecule has 2 fully saturated rings. The Labute approximate surface area is 283 Å². The number of allylic oxidation sites excluding steroid dienone is 1. The smallest absolute Gasteiger partial charge is 0.380 e. The van der Waals surface area contributed by atoms with Crippen LogP contribution in [0.1, 0.15) is 58.0 Å². The number of carbonyl (C=O) groups is 1. The molecule has 19 heteroatoms. The average molecular weight is 745 g/mol. The lowest BCUT2D eigenvalue weighted by Gasteiger charge is -2.53. The highest BCUT2D eigenvalue weighted by Gasteiger charge is 2.65. The first kappa shape index (κ1) is 34.5. The fourth-order valence-corrected chi connectivity index (χ4v) is 9.88. The Morgan fingerprint density at radius 3 is 2.34 bits per heavy atom. The number of benzene rings is 1. The first-order chi connectivity index (χ1) is 23.3. The molecule has 0 radical (unpaired) electrons. The largest absolute Gasteiger partial charge is 0.427 e. The van der Waals surface area contributed by atoms with E-state index in [1.807, 2.05) is 0 Å². The maximum atomic E-state index is 14.5. The predicted octanol–water partition coefficient (Wildman–Crippen LogP) is 5.73. The summed E-state index contributed by atoms with van der Waals surface area (Å²) in [5, 5.41) is 17.8. The van der Waals surface area contributed by atoms with Gasteiger partial charge in [0.1, 0.15) is 10.7 Å². The second-order valence-corrected chi connectivity index (χ2v) is 15.7. The van der Waals surface area contributed by atoms with Gasteiger partial charge in [0.05, 0.1) is 29.2 Å². The number of rotatable bonds is 7. The molecular formula is C31H27F7N6O4S2. The first-order valence-electron chi connectivity index (χ1n) is 15.3. The summed E-state index contributed by atoms with van der Waals surface area (Å²) in [6.45, 7) is 0. The lowest BCUT2D eigenvalue weighted by Crippen LogP contribution is -2.65. The van der Waals surface area contributed by atoms with Crippen molar-refractivity contribution in [2.75, 3.05) is 0 Å². The molecular weight excluding hydrogens is 717 g/mol. The van der Waals surface area contributed by atoms with E-state index >= 15 is 0 Å². The van der Waals surface area contributed by atoms with Gasteiger partial charge < -0.3 is 5.11 Å². The topological polar surface area (TPSA) is 123 Å². The van der Waals surface area contributed by atoms with Crippen LogP contribution in [0, 0.1) is 11.2 Å². The van der Waals surface area contributed by atoms with Gasteiger partial charge in [-0.2, -0.15) is 40.8 Å². The van der Waals surface area contributed by atoms with Crippen molar-refractivity contribution in [3.63, 3.8) is 0 Å². The number of alkyl halides is 6. The minimum Gasteiger partial charge on any atom is -0.380 e. The molecule has 7 rings (SSSR count). The molecule has 1 N–H and O–H groups in total. The minimum absolute atomic E-state index is 0.0273. The third-order valence-corrected chi connectivity index (χ3v) is 12.7. The van der Waals surface area contributed by atoms with Crippen molar-refractivity contribution in [3.8, 4) is 5.69 Å². The van der Waals surface area contributed by atoms with Gasteiger partial charge in [0.2, 0.25) is 5.78 Å². The first-order valence-corrected chi connectivity index (χ1v) is 17.5. The number of hydrogen-bond acceptors (Lipinski definition) is 8. The van der Waals surface area contributed by atoms with Crippen molar-refractivity contribution in [1.82, 2.24) is 28.9 Å². The summed E-state index contributed by atoms with van der Waals surface area (Å²) >= 11 is 0.144. The van der Waals surface area contributed by atoms with Crippen molar-refractivity contribution in [3.05, 3.63) is 81.5 Å². The number of aromatic nitrogens is 5. The molecule has 4 aromatic rings. The van der Waals surface area contributed by atoms with E-state index in [1.165, 1.54) is 59.1 Å². The van der Waals surface area contributed by atoms with Crippen LogP contribution in [0.25, 0.3) is 11.8 Å². The van der Waals surface area contributed by atoms with Crippen LogP contribution in [0.3, 0.4) is 0 Å². The number of thiazole rings is 1. The van der Waals surface area contributed by atoms with E-state index in [-0.39, 0.29) is 37.0 Å². The van der Waals surface area contributed by atoms with Gasteiger partial charge in [-0.1, -0.05) is 5.57 Å². The molecule has 3 aliphatic carbocycles. The van der Waals surface area contributed by atoms with Gasteiger partial charge in [0, 0.05) is 38.2 Å². The van der Waals surface area contributed by atoms with Gasteiger partial charge >= 0.3 is 12.4 Å². The summed E-state index contributed by atoms with van der Waals surface area (Å²) in [4.78, 5) is 17.2. The number of aryl methyl sites for hydroxylation is 1. The maximum Gasteiger partial charge on any atom is 0.427 e. The van der Waals surface area contributed by atoms with Gasteiger partial charge in [-0.3, -0.25) is 9.48 Å². The molecule has 2 saturated carbocycles. The molecule has 0 saturated heterocycles. The molecule has 266 valence electrons. The van der Waals surface area contributed by atoms with Crippen LogP contribution in [-0.4, -0.2) is 72.0 Å². The van der Waals surface area contributed by atoms with Gasteiger partial charge in [-0.15, -0.1) is 11.3 Å². The number of aliphatic hydroxyl groups is 1. The normalized spacial score (nSPS) is 25.5. The quantitative estimate of drug-likeness (QED) is 0.190. The van der Waals surface area contributed by atoms with Crippen molar-refractivity contribution < 1.29 is 49.1 Å². The van der Waals surface area contributed by atoms with Crippen LogP contribution < -0.4 is 0 Å². The Morgan fingerprint density at radius 2 is 1.74 bits per heavy atom. The highest BCUT2D eigenvalue weighted by molar-refractivity contribution is 7.89. The second kappa shape index (κ2) is 11.5. The zero-order chi connectivity index (χ0) is 36.0. The number of hydrogen-bond donors (Lipinski definition) is 1. The Balaban J connectivity index is 1.33. The molecule has 0 bridgehead atoms. The summed E-state index contributed by atoms with van der Waals surface area (Å²) in [6.07, 6.45) is -7.14. The Hall–Kier alpha value is -3.94. The lowest BCUT2D eigenvalue weighted by atomic mass is 9.60. The SMILES string of the molecule is Cn1ccc(S(=O)(=O)N([C@H]2CCC3=Cc4c(cnn4-c4ccc(F)cc4)C[C@]3(C(=O)c3ncc(C(F)(F)F)s3)C2)[C@H]2C[C@](O)(C(F)(F)F)C2)n1. The van der Waals surface area contributed by atoms with Crippen LogP contribution >= 0.6 is 11.3 Å². The standard InChI is InChI=1S/C31H27F7N6O4S2/c1-42-9-8-25(41-42)50(47,48)44(22-13-29(46,14-22)31(36,37)38)21-5-2-18-10-23-17(15-40-43(23)20-6-3-19(32)4-7-20)11-28(18,12-21)26(45)27-39-16-24(49-27)30(33,34)35/h3-4,6-10,15-16,21-22,46H,2,5,11-14H2,1H3/t21-,22-,28-,29+/m0/s1. The van der Waals surface area contributed by atoms with E-state index in [9.17, 15) is 49.1 Å². The molecule has 0 spiro atoms. The predicted molar refractivity (Wildman–Crippen MR) is 163 cm³/mol. The maximum absolute atomic E-state index is 14.5. The Kier molecular flexibility index (Phi) is 7.96. The molecule has 3 aliphatic rings. The van der Waals surface area contributed by atoms with Gasteiger partial charge in [0.25, 0.3) is 10.0 Å². The minimum atomic E-state index is -5.03. The molecule has 1 aromatic carbocycles. The highest BCUT2D eigenvalue weighted by Crippen LogP contribution is 2.55. The number of halogens is 7. The Morgan fingerprint density at radius 1 is 1.04 bits per heavy atom. The third kappa shape index (κ3) is 5.57. The average Bonchev–Trinajstić information content (AvgIpc) is 3.78. The highest BCUT2D eigenvalue weighted by atomic mass is 32.2. The van der Waals surface area contributed by atoms with Crippen LogP contribution in [0.5, 0.6) is 0 Å². The molecule has 2 atom stereocenters. The van der Waals surface area contributed by atoms with E-state index in [0.717, 1.165) is 4.31 Å². The molecule has 0 aliphatic heterocycles. The number of ketones is 1. The van der Waals surface area contributed by atoms with Crippen LogP contribution in [0.4, 0.5) is 30.7 Å². The van der Waals surface area contributed by atoms with Crippen LogP contribution in [0.2, 0.25) is 0 Å². The summed E-state index contributed by atoms with van der Waals surface area (Å²) in [5.74, 6) is -1.28. The molecule has 0 amide bonds. The van der Waals surface area contributed by atoms with Gasteiger partial charge in [-0.25, -0.2) is 22.5 Å². The lowest BCUT2D eigenvalue weighted by molar-refractivity contribution is -0.297. The van der Waals surface area contributed by atoms with E-state index in [0.29, 0.717) is 28.7 Å². The van der Waals surface area contributed by atoms with Crippen molar-refractivity contribution >= 4 is 33.2 Å². The molecule has 3 aromatic heterocycles. The zero-order valence-electron chi connectivity index (χ0n) is 25.9. The Bertz CT molecular complexity index is 2110. The summed E-state index contributed by atoms with van der Waals surface area (Å²) < 4.78 is 128. The van der Waals surface area contributed by atoms with Crippen LogP contribution in [0.15, 0.2) is 59.5 Å². The van der Waals surface area contributed by atoms with E-state index < -0.39 is 84.8 Å². The van der Waals surface area contributed by atoms with Crippen LogP contribution in [-0.2, 0) is 29.7 Å². The van der Waals surface area contributed by atoms with Crippen molar-refractivity contribution in [2.24, 2.45) is 12.5 Å². The number of nitrogens with zero attached hydrogens (tertiary/aromatic N) is 6. The number of carbonyl (C=O) groups excluding carboxylic acids is 1. The summed E-state index contributed by atoms with van der Waals surface area (Å²) in [5.41, 5.74) is -2.84. The molecule has 3 heterocycles. The molecule has 0 unspecified atom stereocenters. The number of Topliss-reactive ketones (excluding diaryl/α,β-unsaturated/α-hetero) is 1. The summed E-state index contributed by atoms with van der Waals surface area (Å²) in [6, 6.07) is 4.17. The van der Waals surface area contributed by atoms with Crippen molar-refractivity contribution in [2.45, 2.75) is 73.6 Å². The summed E-state index contributed by atoms with van der Waals surface area (Å²) in [7, 11) is -3.16. The fourth-order valence-electron chi connectivity index (χ4n) is 7.26. The van der Waals surface area contributed by atoms with Gasteiger partial charge in [-0.05, 0) is 67.7 Å². The van der Waals surface area contributed by atoms with Gasteiger partial charge in [0.15, 0.2) is 15.6 Å². The van der Waals surface area contributed by atoms with E-state index in [1.54, 1.807) is 6.08 Å². The second-order valence-electron chi connectivity index (χ2n) is 12.9. The monoisotopic (exact) mass is 744 g/mol. The molecule has 50 heavy (non-hydrogen) atoms. The van der Waals surface area contributed by atoms with Crippen molar-refractivity contribution in [1.29, 1.82) is 0 Å². The molecule has 10 nitrogen and oxygen atoms in total. The number of sulfonamides is 1. The fraction of sp³-hybridized carbons (Fsp3) is 0.419. The zero-order valence-corrected chi connectivity index (χ0v) is 27.5. The van der Waals surface area contributed by atoms with E-state index in [2.05, 4.69) is 15.2 Å². The van der Waals surface area contributed by atoms with E-state index in [4.69, 9.17) is 0 Å². The third-order valence-electron chi connectivity index (χ3n) is 9.75. The number of fused-ring (bicyclic) bond motifs is 2.